The Morgan fingerprint density at radius 2 is 2.13 bits per heavy atom. The van der Waals surface area contributed by atoms with Crippen molar-refractivity contribution >= 4 is 23.2 Å². The monoisotopic (exact) mass is 324 g/mol. The number of carbonyl (C=O) groups is 1. The third-order valence-corrected chi connectivity index (χ3v) is 5.33. The molecule has 1 N–H and O–H groups in total. The Kier molecular flexibility index (Phi) is 3.46. The lowest BCUT2D eigenvalue weighted by molar-refractivity contribution is -0.117. The molecule has 2 heterocycles. The molecule has 0 bridgehead atoms. The summed E-state index contributed by atoms with van der Waals surface area (Å²) in [5.41, 5.74) is 2.21. The van der Waals surface area contributed by atoms with Crippen molar-refractivity contribution in [3.63, 3.8) is 0 Å². The van der Waals surface area contributed by atoms with E-state index in [4.69, 9.17) is 0 Å². The summed E-state index contributed by atoms with van der Waals surface area (Å²) in [4.78, 5) is 13.8. The van der Waals surface area contributed by atoms with Crippen LogP contribution in [0.15, 0.2) is 48.1 Å². The maximum atomic E-state index is 12.5. The van der Waals surface area contributed by atoms with Crippen LogP contribution in [0.2, 0.25) is 0 Å². The summed E-state index contributed by atoms with van der Waals surface area (Å²) in [6, 6.07) is 11.8. The van der Waals surface area contributed by atoms with E-state index in [0.29, 0.717) is 11.9 Å². The number of hydrogen-bond acceptors (Lipinski definition) is 4. The van der Waals surface area contributed by atoms with Crippen LogP contribution in [0.25, 0.3) is 5.69 Å². The molecule has 1 aromatic carbocycles. The summed E-state index contributed by atoms with van der Waals surface area (Å²) in [5, 5.41) is 13.0. The highest BCUT2D eigenvalue weighted by molar-refractivity contribution is 7.10. The first-order chi connectivity index (χ1) is 11.2. The summed E-state index contributed by atoms with van der Waals surface area (Å²) in [5.74, 6) is 0.874. The SMILES string of the molecule is Cc1ccsc1[C@@H]1C[C@@H]1C(=O)Nc1nncn1-c1ccccc1. The third-order valence-electron chi connectivity index (χ3n) is 4.18. The van der Waals surface area contributed by atoms with Crippen LogP contribution in [-0.4, -0.2) is 20.7 Å². The van der Waals surface area contributed by atoms with Gasteiger partial charge in [0, 0.05) is 16.7 Å². The Labute approximate surface area is 138 Å². The van der Waals surface area contributed by atoms with Gasteiger partial charge in [0.1, 0.15) is 6.33 Å². The maximum absolute atomic E-state index is 12.5. The fourth-order valence-corrected chi connectivity index (χ4v) is 3.95. The second-order valence-electron chi connectivity index (χ2n) is 5.77. The van der Waals surface area contributed by atoms with E-state index in [1.165, 1.54) is 10.4 Å². The third kappa shape index (κ3) is 2.66. The van der Waals surface area contributed by atoms with Crippen molar-refractivity contribution in [1.82, 2.24) is 14.8 Å². The number of aromatic nitrogens is 3. The number of hydrogen-bond donors (Lipinski definition) is 1. The van der Waals surface area contributed by atoms with Crippen LogP contribution in [0, 0.1) is 12.8 Å². The minimum atomic E-state index is 0.0213. The van der Waals surface area contributed by atoms with E-state index in [2.05, 4.69) is 33.9 Å². The molecule has 1 aliphatic carbocycles. The molecule has 0 saturated heterocycles. The molecule has 0 spiro atoms. The topological polar surface area (TPSA) is 59.8 Å². The predicted octanol–water partition coefficient (Wildman–Crippen LogP) is 3.38. The summed E-state index contributed by atoms with van der Waals surface area (Å²) < 4.78 is 1.78. The molecule has 4 rings (SSSR count). The van der Waals surface area contributed by atoms with Crippen LogP contribution >= 0.6 is 11.3 Å². The van der Waals surface area contributed by atoms with E-state index in [9.17, 15) is 4.79 Å². The van der Waals surface area contributed by atoms with Crippen molar-refractivity contribution in [2.45, 2.75) is 19.3 Å². The number of rotatable bonds is 4. The zero-order chi connectivity index (χ0) is 15.8. The molecule has 23 heavy (non-hydrogen) atoms. The molecule has 1 fully saturated rings. The van der Waals surface area contributed by atoms with Crippen LogP contribution in [0.4, 0.5) is 5.95 Å². The fraction of sp³-hybridized carbons (Fsp3) is 0.235. The summed E-state index contributed by atoms with van der Waals surface area (Å²) in [7, 11) is 0. The molecule has 0 unspecified atom stereocenters. The minimum Gasteiger partial charge on any atom is -0.294 e. The van der Waals surface area contributed by atoms with Crippen LogP contribution in [0.5, 0.6) is 0 Å². The van der Waals surface area contributed by atoms with Gasteiger partial charge in [-0.3, -0.25) is 14.7 Å². The zero-order valence-corrected chi connectivity index (χ0v) is 13.5. The van der Waals surface area contributed by atoms with Gasteiger partial charge in [0.05, 0.1) is 5.69 Å². The van der Waals surface area contributed by atoms with Crippen molar-refractivity contribution in [2.24, 2.45) is 5.92 Å². The first-order valence-corrected chi connectivity index (χ1v) is 8.42. The molecule has 116 valence electrons. The highest BCUT2D eigenvalue weighted by Gasteiger charge is 2.45. The molecule has 3 aromatic rings. The number of nitrogens with one attached hydrogen (secondary N) is 1. The molecular weight excluding hydrogens is 308 g/mol. The molecule has 6 heteroatoms. The number of aryl methyl sites for hydroxylation is 1. The second kappa shape index (κ2) is 5.62. The summed E-state index contributed by atoms with van der Waals surface area (Å²) >= 11 is 1.74. The first kappa shape index (κ1) is 14.1. The molecule has 5 nitrogen and oxygen atoms in total. The molecule has 1 aliphatic rings. The van der Waals surface area contributed by atoms with Crippen LogP contribution < -0.4 is 5.32 Å². The van der Waals surface area contributed by atoms with E-state index in [1.807, 2.05) is 30.3 Å². The van der Waals surface area contributed by atoms with Crippen molar-refractivity contribution < 1.29 is 4.79 Å². The van der Waals surface area contributed by atoms with E-state index in [1.54, 1.807) is 22.2 Å². The minimum absolute atomic E-state index is 0.0213. The highest BCUT2D eigenvalue weighted by Crippen LogP contribution is 2.50. The normalized spacial score (nSPS) is 19.5. The number of carbonyl (C=O) groups excluding carboxylic acids is 1. The predicted molar refractivity (Wildman–Crippen MR) is 89.9 cm³/mol. The highest BCUT2D eigenvalue weighted by atomic mass is 32.1. The van der Waals surface area contributed by atoms with Gasteiger partial charge >= 0.3 is 0 Å². The van der Waals surface area contributed by atoms with Gasteiger partial charge < -0.3 is 0 Å². The average molecular weight is 324 g/mol. The van der Waals surface area contributed by atoms with Gasteiger partial charge in [0.25, 0.3) is 0 Å². The molecule has 1 amide bonds. The van der Waals surface area contributed by atoms with Crippen molar-refractivity contribution in [3.8, 4) is 5.69 Å². The lowest BCUT2D eigenvalue weighted by Gasteiger charge is -2.07. The number of benzene rings is 1. The smallest absolute Gasteiger partial charge is 0.235 e. The Bertz CT molecular complexity index is 839. The quantitative estimate of drug-likeness (QED) is 0.800. The number of anilines is 1. The van der Waals surface area contributed by atoms with Gasteiger partial charge in [0.15, 0.2) is 0 Å². The second-order valence-corrected chi connectivity index (χ2v) is 6.71. The maximum Gasteiger partial charge on any atom is 0.235 e. The number of thiophene rings is 1. The van der Waals surface area contributed by atoms with E-state index in [0.717, 1.165) is 12.1 Å². The van der Waals surface area contributed by atoms with Crippen LogP contribution in [0.3, 0.4) is 0 Å². The lowest BCUT2D eigenvalue weighted by Crippen LogP contribution is -2.17. The number of para-hydroxylation sites is 1. The average Bonchev–Trinajstić information content (AvgIpc) is 3.03. The molecule has 1 saturated carbocycles. The van der Waals surface area contributed by atoms with Gasteiger partial charge in [-0.05, 0) is 42.5 Å². The van der Waals surface area contributed by atoms with E-state index in [-0.39, 0.29) is 11.8 Å². The van der Waals surface area contributed by atoms with E-state index >= 15 is 0 Å². The Hall–Kier alpha value is -2.47. The standard InChI is InChI=1S/C17H16N4OS/c1-11-7-8-23-15(11)13-9-14(13)16(22)19-17-20-18-10-21(17)12-5-3-2-4-6-12/h2-8,10,13-14H,9H2,1H3,(H,19,20,22)/t13-,14+/m1/s1. The zero-order valence-electron chi connectivity index (χ0n) is 12.6. The lowest BCUT2D eigenvalue weighted by atomic mass is 10.2. The van der Waals surface area contributed by atoms with Gasteiger partial charge in [0.2, 0.25) is 11.9 Å². The van der Waals surface area contributed by atoms with Crippen LogP contribution in [0.1, 0.15) is 22.8 Å². The van der Waals surface area contributed by atoms with Gasteiger partial charge in [-0.15, -0.1) is 21.5 Å². The summed E-state index contributed by atoms with van der Waals surface area (Å²) in [6.45, 7) is 2.10. The molecule has 2 atom stereocenters. The van der Waals surface area contributed by atoms with E-state index < -0.39 is 0 Å². The van der Waals surface area contributed by atoms with Gasteiger partial charge in [-0.1, -0.05) is 18.2 Å². The molecule has 2 aromatic heterocycles. The number of amides is 1. The molecule has 0 radical (unpaired) electrons. The van der Waals surface area contributed by atoms with Crippen LogP contribution in [-0.2, 0) is 4.79 Å². The van der Waals surface area contributed by atoms with Crippen molar-refractivity contribution in [1.29, 1.82) is 0 Å². The Morgan fingerprint density at radius 1 is 1.30 bits per heavy atom. The fourth-order valence-electron chi connectivity index (χ4n) is 2.84. The number of nitrogens with zero attached hydrogens (tertiary/aromatic N) is 3. The molecular formula is C17H16N4OS. The molecule has 0 aliphatic heterocycles. The van der Waals surface area contributed by atoms with Crippen molar-refractivity contribution in [3.05, 3.63) is 58.5 Å². The summed E-state index contributed by atoms with van der Waals surface area (Å²) in [6.07, 6.45) is 2.52. The largest absolute Gasteiger partial charge is 0.294 e. The van der Waals surface area contributed by atoms with Gasteiger partial charge in [-0.2, -0.15) is 0 Å². The van der Waals surface area contributed by atoms with Gasteiger partial charge in [-0.25, -0.2) is 0 Å². The van der Waals surface area contributed by atoms with Crippen molar-refractivity contribution in [2.75, 3.05) is 5.32 Å². The first-order valence-electron chi connectivity index (χ1n) is 7.54. The Morgan fingerprint density at radius 3 is 2.87 bits per heavy atom. The Balaban J connectivity index is 1.49.